The lowest BCUT2D eigenvalue weighted by atomic mass is 9.91. The predicted octanol–water partition coefficient (Wildman–Crippen LogP) is 2.21. The van der Waals surface area contributed by atoms with E-state index >= 15 is 0 Å². The Morgan fingerprint density at radius 2 is 2.24 bits per heavy atom. The topological polar surface area (TPSA) is 55.1 Å². The molecule has 0 aliphatic heterocycles. The summed E-state index contributed by atoms with van der Waals surface area (Å²) in [7, 11) is 0. The third kappa shape index (κ3) is 3.32. The van der Waals surface area contributed by atoms with Crippen LogP contribution in [0.25, 0.3) is 0 Å². The lowest BCUT2D eigenvalue weighted by Gasteiger charge is -2.28. The van der Waals surface area contributed by atoms with Crippen molar-refractivity contribution in [2.45, 2.75) is 19.4 Å². The minimum atomic E-state index is -0.941. The van der Waals surface area contributed by atoms with Crippen LogP contribution in [-0.2, 0) is 10.3 Å². The molecule has 92 valence electrons. The van der Waals surface area contributed by atoms with Crippen molar-refractivity contribution in [3.8, 4) is 0 Å². The van der Waals surface area contributed by atoms with Crippen LogP contribution in [0.4, 0.5) is 0 Å². The molecule has 4 heteroatoms. The highest BCUT2D eigenvalue weighted by Gasteiger charge is 2.32. The minimum absolute atomic E-state index is 0.444. The van der Waals surface area contributed by atoms with Crippen LogP contribution in [-0.4, -0.2) is 12.5 Å². The van der Waals surface area contributed by atoms with Crippen molar-refractivity contribution < 1.29 is 4.79 Å². The zero-order valence-electron chi connectivity index (χ0n) is 10.1. The van der Waals surface area contributed by atoms with Gasteiger partial charge in [0.25, 0.3) is 0 Å². The zero-order chi connectivity index (χ0) is 13.1. The molecule has 0 heterocycles. The number of hydrogen-bond donors (Lipinski definition) is 2. The first-order valence-corrected chi connectivity index (χ1v) is 5.69. The predicted molar refractivity (Wildman–Crippen MR) is 70.8 cm³/mol. The number of primary amides is 1. The Labute approximate surface area is 107 Å². The molecule has 1 amide bonds. The van der Waals surface area contributed by atoms with Gasteiger partial charge in [-0.1, -0.05) is 35.9 Å². The van der Waals surface area contributed by atoms with E-state index in [1.807, 2.05) is 13.0 Å². The van der Waals surface area contributed by atoms with Gasteiger partial charge >= 0.3 is 0 Å². The summed E-state index contributed by atoms with van der Waals surface area (Å²) < 4.78 is 0. The van der Waals surface area contributed by atoms with Gasteiger partial charge in [-0.05, 0) is 31.5 Å². The summed E-state index contributed by atoms with van der Waals surface area (Å²) in [6, 6.07) is 7.10. The van der Waals surface area contributed by atoms with Gasteiger partial charge in [0, 0.05) is 11.6 Å². The first-order chi connectivity index (χ1) is 7.86. The Hall–Kier alpha value is -1.32. The Morgan fingerprint density at radius 3 is 2.71 bits per heavy atom. The highest BCUT2D eigenvalue weighted by atomic mass is 35.5. The van der Waals surface area contributed by atoms with E-state index in [-0.39, 0.29) is 0 Å². The third-order valence-corrected chi connectivity index (χ3v) is 2.87. The van der Waals surface area contributed by atoms with Crippen molar-refractivity contribution >= 4 is 17.5 Å². The molecule has 3 nitrogen and oxygen atoms in total. The van der Waals surface area contributed by atoms with Gasteiger partial charge in [0.05, 0.1) is 0 Å². The SMILES string of the molecule is C=C(C)CNC(C)(C(N)=O)c1cccc(Cl)c1. The molecule has 0 radical (unpaired) electrons. The Kier molecular flexibility index (Phi) is 4.32. The summed E-state index contributed by atoms with van der Waals surface area (Å²) in [5, 5.41) is 3.68. The van der Waals surface area contributed by atoms with Crippen molar-refractivity contribution in [3.05, 3.63) is 47.0 Å². The molecule has 3 N–H and O–H groups in total. The quantitative estimate of drug-likeness (QED) is 0.790. The van der Waals surface area contributed by atoms with Crippen molar-refractivity contribution in [3.63, 3.8) is 0 Å². The number of carbonyl (C=O) groups is 1. The van der Waals surface area contributed by atoms with E-state index in [0.717, 1.165) is 11.1 Å². The molecule has 1 aromatic carbocycles. The highest BCUT2D eigenvalue weighted by Crippen LogP contribution is 2.23. The summed E-state index contributed by atoms with van der Waals surface area (Å²) in [6.07, 6.45) is 0. The van der Waals surface area contributed by atoms with Gasteiger partial charge in [-0.25, -0.2) is 0 Å². The average molecular weight is 253 g/mol. The molecule has 0 aromatic heterocycles. The number of nitrogens with two attached hydrogens (primary N) is 1. The molecule has 0 aliphatic carbocycles. The number of halogens is 1. The fourth-order valence-electron chi connectivity index (χ4n) is 1.46. The monoisotopic (exact) mass is 252 g/mol. The number of benzene rings is 1. The van der Waals surface area contributed by atoms with E-state index in [2.05, 4.69) is 11.9 Å². The van der Waals surface area contributed by atoms with Gasteiger partial charge in [0.2, 0.25) is 5.91 Å². The molecule has 1 atom stereocenters. The van der Waals surface area contributed by atoms with E-state index in [4.69, 9.17) is 17.3 Å². The molecule has 0 fully saturated rings. The molecule has 0 spiro atoms. The first kappa shape index (κ1) is 13.7. The Balaban J connectivity index is 3.07. The Bertz CT molecular complexity index is 445. The average Bonchev–Trinajstić information content (AvgIpc) is 2.25. The van der Waals surface area contributed by atoms with Gasteiger partial charge < -0.3 is 5.73 Å². The molecule has 1 rings (SSSR count). The molecule has 0 bridgehead atoms. The maximum absolute atomic E-state index is 11.6. The van der Waals surface area contributed by atoms with Crippen LogP contribution in [0.3, 0.4) is 0 Å². The van der Waals surface area contributed by atoms with Crippen molar-refractivity contribution in [1.29, 1.82) is 0 Å². The smallest absolute Gasteiger partial charge is 0.242 e. The van der Waals surface area contributed by atoms with E-state index in [1.165, 1.54) is 0 Å². The molecule has 0 saturated heterocycles. The van der Waals surface area contributed by atoms with Crippen molar-refractivity contribution in [1.82, 2.24) is 5.32 Å². The van der Waals surface area contributed by atoms with Crippen LogP contribution in [0.5, 0.6) is 0 Å². The summed E-state index contributed by atoms with van der Waals surface area (Å²) in [6.45, 7) is 7.93. The van der Waals surface area contributed by atoms with Gasteiger partial charge in [0.15, 0.2) is 0 Å². The number of nitrogens with one attached hydrogen (secondary N) is 1. The van der Waals surface area contributed by atoms with Crippen LogP contribution in [0.15, 0.2) is 36.4 Å². The molecule has 1 unspecified atom stereocenters. The molecular formula is C13H17ClN2O. The van der Waals surface area contributed by atoms with Crippen LogP contribution < -0.4 is 11.1 Å². The number of hydrogen-bond acceptors (Lipinski definition) is 2. The van der Waals surface area contributed by atoms with Gasteiger partial charge in [-0.2, -0.15) is 0 Å². The van der Waals surface area contributed by atoms with Gasteiger partial charge in [-0.3, -0.25) is 10.1 Å². The van der Waals surface area contributed by atoms with Crippen LogP contribution in [0.1, 0.15) is 19.4 Å². The van der Waals surface area contributed by atoms with E-state index in [0.29, 0.717) is 11.6 Å². The second kappa shape index (κ2) is 5.34. The first-order valence-electron chi connectivity index (χ1n) is 5.31. The summed E-state index contributed by atoms with van der Waals surface area (Å²) in [5.41, 5.74) is 6.20. The third-order valence-electron chi connectivity index (χ3n) is 2.64. The number of amides is 1. The summed E-state index contributed by atoms with van der Waals surface area (Å²) in [4.78, 5) is 11.6. The van der Waals surface area contributed by atoms with Crippen molar-refractivity contribution in [2.24, 2.45) is 5.73 Å². The Morgan fingerprint density at radius 1 is 1.59 bits per heavy atom. The maximum Gasteiger partial charge on any atom is 0.242 e. The van der Waals surface area contributed by atoms with Crippen LogP contribution >= 0.6 is 11.6 Å². The normalized spacial score (nSPS) is 14.1. The molecule has 1 aromatic rings. The molecule has 17 heavy (non-hydrogen) atoms. The second-order valence-corrected chi connectivity index (χ2v) is 4.75. The standard InChI is InChI=1S/C13H17ClN2O/c1-9(2)8-16-13(3,12(15)17)10-5-4-6-11(14)7-10/h4-7,16H,1,8H2,2-3H3,(H2,15,17). The summed E-state index contributed by atoms with van der Waals surface area (Å²) in [5.74, 6) is -0.444. The number of rotatable bonds is 5. The maximum atomic E-state index is 11.6. The lowest BCUT2D eigenvalue weighted by Crippen LogP contribution is -2.50. The second-order valence-electron chi connectivity index (χ2n) is 4.31. The summed E-state index contributed by atoms with van der Waals surface area (Å²) >= 11 is 5.92. The van der Waals surface area contributed by atoms with Gasteiger partial charge in [-0.15, -0.1) is 0 Å². The molecule has 0 aliphatic rings. The van der Waals surface area contributed by atoms with E-state index < -0.39 is 11.4 Å². The zero-order valence-corrected chi connectivity index (χ0v) is 10.8. The largest absolute Gasteiger partial charge is 0.368 e. The molecule has 0 saturated carbocycles. The lowest BCUT2D eigenvalue weighted by molar-refractivity contribution is -0.124. The van der Waals surface area contributed by atoms with E-state index in [9.17, 15) is 4.79 Å². The number of carbonyl (C=O) groups excluding carboxylic acids is 1. The van der Waals surface area contributed by atoms with E-state index in [1.54, 1.807) is 25.1 Å². The van der Waals surface area contributed by atoms with Gasteiger partial charge in [0.1, 0.15) is 5.54 Å². The fourth-order valence-corrected chi connectivity index (χ4v) is 1.65. The van der Waals surface area contributed by atoms with Crippen LogP contribution in [0, 0.1) is 0 Å². The minimum Gasteiger partial charge on any atom is -0.368 e. The van der Waals surface area contributed by atoms with Crippen molar-refractivity contribution in [2.75, 3.05) is 6.54 Å². The van der Waals surface area contributed by atoms with Crippen LogP contribution in [0.2, 0.25) is 5.02 Å². The molecular weight excluding hydrogens is 236 g/mol. The highest BCUT2D eigenvalue weighted by molar-refractivity contribution is 6.30. The fraction of sp³-hybridized carbons (Fsp3) is 0.308.